The van der Waals surface area contributed by atoms with Crippen molar-refractivity contribution >= 4 is 12.0 Å². The maximum atomic E-state index is 12.0. The van der Waals surface area contributed by atoms with Crippen LogP contribution in [0.1, 0.15) is 25.3 Å². The number of ether oxygens (including phenoxy) is 1. The van der Waals surface area contributed by atoms with Crippen LogP contribution in [0, 0.1) is 5.92 Å². The van der Waals surface area contributed by atoms with Gasteiger partial charge in [-0.25, -0.2) is 0 Å². The van der Waals surface area contributed by atoms with Crippen molar-refractivity contribution in [2.24, 2.45) is 5.92 Å². The maximum Gasteiger partial charge on any atom is 0.246 e. The number of hydrogen-bond donors (Lipinski definition) is 1. The van der Waals surface area contributed by atoms with E-state index in [1.807, 2.05) is 37.3 Å². The van der Waals surface area contributed by atoms with Gasteiger partial charge in [0.05, 0.1) is 12.7 Å². The quantitative estimate of drug-likeness (QED) is 0.818. The number of aliphatic hydroxyl groups is 1. The van der Waals surface area contributed by atoms with E-state index < -0.39 is 0 Å². The average molecular weight is 289 g/mol. The number of likely N-dealkylation sites (N-methyl/N-ethyl adjacent to an activating group) is 1. The van der Waals surface area contributed by atoms with Gasteiger partial charge in [-0.15, -0.1) is 0 Å². The van der Waals surface area contributed by atoms with Crippen LogP contribution in [0.2, 0.25) is 0 Å². The van der Waals surface area contributed by atoms with E-state index in [-0.39, 0.29) is 12.0 Å². The number of aliphatic hydroxyl groups excluding tert-OH is 1. The molecule has 0 atom stereocenters. The van der Waals surface area contributed by atoms with Gasteiger partial charge in [-0.1, -0.05) is 12.1 Å². The number of hydrogen-bond acceptors (Lipinski definition) is 3. The van der Waals surface area contributed by atoms with Crippen molar-refractivity contribution in [3.63, 3.8) is 0 Å². The molecule has 0 spiro atoms. The Bertz CT molecular complexity index is 489. The van der Waals surface area contributed by atoms with Gasteiger partial charge >= 0.3 is 0 Å². The lowest BCUT2D eigenvalue weighted by Crippen LogP contribution is -2.38. The van der Waals surface area contributed by atoms with Crippen molar-refractivity contribution in [1.29, 1.82) is 0 Å². The zero-order valence-corrected chi connectivity index (χ0v) is 12.7. The summed E-state index contributed by atoms with van der Waals surface area (Å²) in [6.07, 6.45) is 4.84. The Balaban J connectivity index is 1.83. The van der Waals surface area contributed by atoms with Gasteiger partial charge in [-0.05, 0) is 49.5 Å². The van der Waals surface area contributed by atoms with Gasteiger partial charge in [-0.2, -0.15) is 0 Å². The predicted octanol–water partition coefficient (Wildman–Crippen LogP) is 2.33. The second-order valence-electron chi connectivity index (χ2n) is 5.55. The van der Waals surface area contributed by atoms with Crippen molar-refractivity contribution in [2.45, 2.75) is 25.9 Å². The van der Waals surface area contributed by atoms with E-state index >= 15 is 0 Å². The molecule has 1 aliphatic rings. The van der Waals surface area contributed by atoms with E-state index in [0.29, 0.717) is 19.1 Å². The third-order valence-electron chi connectivity index (χ3n) is 3.73. The fourth-order valence-electron chi connectivity index (χ4n) is 2.46. The molecule has 1 aromatic carbocycles. The molecule has 0 aromatic heterocycles. The number of amides is 1. The second kappa shape index (κ2) is 7.27. The lowest BCUT2D eigenvalue weighted by atomic mass is 9.82. The van der Waals surface area contributed by atoms with Crippen LogP contribution in [0.15, 0.2) is 30.3 Å². The summed E-state index contributed by atoms with van der Waals surface area (Å²) in [4.78, 5) is 13.7. The summed E-state index contributed by atoms with van der Waals surface area (Å²) in [5.41, 5.74) is 0.972. The van der Waals surface area contributed by atoms with Crippen LogP contribution >= 0.6 is 0 Å². The van der Waals surface area contributed by atoms with Crippen molar-refractivity contribution in [3.05, 3.63) is 35.9 Å². The summed E-state index contributed by atoms with van der Waals surface area (Å²) in [7, 11) is 1.80. The SMILES string of the molecule is CCOc1ccc(C=CC(=O)N(C)CC2CC(O)C2)cc1. The molecule has 1 aliphatic carbocycles. The van der Waals surface area contributed by atoms with Crippen LogP contribution in [0.4, 0.5) is 0 Å². The third kappa shape index (κ3) is 4.60. The fraction of sp³-hybridized carbons (Fsp3) is 0.471. The van der Waals surface area contributed by atoms with Gasteiger partial charge in [-0.3, -0.25) is 4.79 Å². The largest absolute Gasteiger partial charge is 0.494 e. The molecule has 0 saturated heterocycles. The minimum Gasteiger partial charge on any atom is -0.494 e. The van der Waals surface area contributed by atoms with Crippen LogP contribution in [0.3, 0.4) is 0 Å². The van der Waals surface area contributed by atoms with E-state index in [4.69, 9.17) is 4.74 Å². The van der Waals surface area contributed by atoms with Gasteiger partial charge in [0, 0.05) is 19.7 Å². The summed E-state index contributed by atoms with van der Waals surface area (Å²) >= 11 is 0. The molecule has 0 unspecified atom stereocenters. The van der Waals surface area contributed by atoms with E-state index in [2.05, 4.69) is 0 Å². The van der Waals surface area contributed by atoms with Gasteiger partial charge in [0.25, 0.3) is 0 Å². The molecular weight excluding hydrogens is 266 g/mol. The maximum absolute atomic E-state index is 12.0. The van der Waals surface area contributed by atoms with E-state index in [1.165, 1.54) is 0 Å². The molecule has 0 bridgehead atoms. The standard InChI is InChI=1S/C17H23NO3/c1-3-21-16-7-4-13(5-8-16)6-9-17(20)18(2)12-14-10-15(19)11-14/h4-9,14-15,19H,3,10-12H2,1-2H3. The highest BCUT2D eigenvalue weighted by atomic mass is 16.5. The molecule has 21 heavy (non-hydrogen) atoms. The Hall–Kier alpha value is -1.81. The predicted molar refractivity (Wildman–Crippen MR) is 83.0 cm³/mol. The minimum atomic E-state index is -0.169. The zero-order valence-electron chi connectivity index (χ0n) is 12.7. The molecule has 1 aromatic rings. The number of benzene rings is 1. The van der Waals surface area contributed by atoms with Gasteiger partial charge in [0.1, 0.15) is 5.75 Å². The number of nitrogens with zero attached hydrogens (tertiary/aromatic N) is 1. The molecule has 4 heteroatoms. The van der Waals surface area contributed by atoms with Crippen LogP contribution in [0.25, 0.3) is 6.08 Å². The Kier molecular flexibility index (Phi) is 5.39. The summed E-state index contributed by atoms with van der Waals surface area (Å²) in [6, 6.07) is 7.65. The first-order chi connectivity index (χ1) is 10.1. The van der Waals surface area contributed by atoms with E-state index in [9.17, 15) is 9.90 Å². The average Bonchev–Trinajstić information content (AvgIpc) is 2.45. The third-order valence-corrected chi connectivity index (χ3v) is 3.73. The highest BCUT2D eigenvalue weighted by Gasteiger charge is 2.28. The fourth-order valence-corrected chi connectivity index (χ4v) is 2.46. The number of rotatable bonds is 6. The molecule has 1 fully saturated rings. The molecular formula is C17H23NO3. The minimum absolute atomic E-state index is 0.00901. The summed E-state index contributed by atoms with van der Waals surface area (Å²) in [5, 5.41) is 9.25. The number of carbonyl (C=O) groups is 1. The van der Waals surface area contributed by atoms with Crippen LogP contribution < -0.4 is 4.74 Å². The van der Waals surface area contributed by atoms with Crippen LogP contribution in [-0.4, -0.2) is 42.2 Å². The molecule has 0 heterocycles. The smallest absolute Gasteiger partial charge is 0.246 e. The van der Waals surface area contributed by atoms with Crippen LogP contribution in [0.5, 0.6) is 5.75 Å². The van der Waals surface area contributed by atoms with E-state index in [1.54, 1.807) is 18.0 Å². The summed E-state index contributed by atoms with van der Waals surface area (Å²) < 4.78 is 5.38. The van der Waals surface area contributed by atoms with E-state index in [0.717, 1.165) is 24.2 Å². The molecule has 1 N–H and O–H groups in total. The van der Waals surface area contributed by atoms with Crippen molar-refractivity contribution in [1.82, 2.24) is 4.90 Å². The van der Waals surface area contributed by atoms with Gasteiger partial charge in [0.15, 0.2) is 0 Å². The number of carbonyl (C=O) groups excluding carboxylic acids is 1. The lowest BCUT2D eigenvalue weighted by Gasteiger charge is -2.34. The molecule has 0 radical (unpaired) electrons. The Morgan fingerprint density at radius 2 is 2.05 bits per heavy atom. The first kappa shape index (κ1) is 15.6. The zero-order chi connectivity index (χ0) is 15.2. The molecule has 1 saturated carbocycles. The highest BCUT2D eigenvalue weighted by Crippen LogP contribution is 2.27. The van der Waals surface area contributed by atoms with Gasteiger partial charge < -0.3 is 14.7 Å². The van der Waals surface area contributed by atoms with Crippen molar-refractivity contribution in [3.8, 4) is 5.75 Å². The normalized spacial score (nSPS) is 21.1. The Labute approximate surface area is 126 Å². The monoisotopic (exact) mass is 289 g/mol. The lowest BCUT2D eigenvalue weighted by molar-refractivity contribution is -0.126. The Morgan fingerprint density at radius 3 is 2.62 bits per heavy atom. The summed E-state index contributed by atoms with van der Waals surface area (Å²) in [5.74, 6) is 1.26. The van der Waals surface area contributed by atoms with Gasteiger partial charge in [0.2, 0.25) is 5.91 Å². The second-order valence-corrected chi connectivity index (χ2v) is 5.55. The first-order valence-electron chi connectivity index (χ1n) is 7.42. The highest BCUT2D eigenvalue weighted by molar-refractivity contribution is 5.91. The molecule has 0 aliphatic heterocycles. The topological polar surface area (TPSA) is 49.8 Å². The molecule has 4 nitrogen and oxygen atoms in total. The molecule has 114 valence electrons. The Morgan fingerprint density at radius 1 is 1.38 bits per heavy atom. The molecule has 2 rings (SSSR count). The van der Waals surface area contributed by atoms with Crippen molar-refractivity contribution < 1.29 is 14.6 Å². The summed E-state index contributed by atoms with van der Waals surface area (Å²) in [6.45, 7) is 3.31. The van der Waals surface area contributed by atoms with Crippen molar-refractivity contribution in [2.75, 3.05) is 20.2 Å². The molecule has 1 amide bonds. The first-order valence-corrected chi connectivity index (χ1v) is 7.42. The van der Waals surface area contributed by atoms with Crippen LogP contribution in [-0.2, 0) is 4.79 Å².